The van der Waals surface area contributed by atoms with E-state index in [0.717, 1.165) is 5.46 Å². The van der Waals surface area contributed by atoms with Gasteiger partial charge in [-0.05, 0) is 18.5 Å². The molecule has 0 bridgehead atoms. The number of hydrogen-bond acceptors (Lipinski definition) is 3. The lowest BCUT2D eigenvalue weighted by Crippen LogP contribution is -2.26. The van der Waals surface area contributed by atoms with Gasteiger partial charge in [0, 0.05) is 0 Å². The number of rotatable bonds is 3. The zero-order valence-electron chi connectivity index (χ0n) is 8.36. The molecule has 0 amide bonds. The minimum absolute atomic E-state index is 0.352. The van der Waals surface area contributed by atoms with Crippen LogP contribution in [0.4, 0.5) is 0 Å². The Labute approximate surface area is 83.8 Å². The number of benzene rings is 1. The molecule has 1 aromatic rings. The zero-order chi connectivity index (χ0) is 10.6. The van der Waals surface area contributed by atoms with Crippen molar-refractivity contribution in [2.45, 2.75) is 13.7 Å². The first-order valence-electron chi connectivity index (χ1n) is 4.60. The molecule has 0 saturated heterocycles. The number of esters is 1. The van der Waals surface area contributed by atoms with Crippen LogP contribution < -0.4 is 5.46 Å². The lowest BCUT2D eigenvalue weighted by atomic mass is 9.64. The minimum Gasteiger partial charge on any atom is -0.462 e. The van der Waals surface area contributed by atoms with Gasteiger partial charge >= 0.3 is 12.9 Å². The molecule has 0 radical (unpaired) electrons. The van der Waals surface area contributed by atoms with Crippen LogP contribution >= 0.6 is 0 Å². The van der Waals surface area contributed by atoms with Gasteiger partial charge in [0.2, 0.25) is 0 Å². The monoisotopic (exact) mass is 192 g/mol. The Hall–Kier alpha value is -1.29. The zero-order valence-corrected chi connectivity index (χ0v) is 8.36. The summed E-state index contributed by atoms with van der Waals surface area (Å²) in [6.45, 7) is 3.21. The Morgan fingerprint density at radius 3 is 2.86 bits per heavy atom. The van der Waals surface area contributed by atoms with Crippen molar-refractivity contribution >= 4 is 18.3 Å². The number of hydrogen-bond donors (Lipinski definition) is 1. The smallest absolute Gasteiger partial charge is 0.338 e. The number of carbonyl (C=O) groups excluding carboxylic acids is 1. The standard InChI is InChI=1S/C10H13BO3/c1-3-14-10(12)8-5-4-6-9(7-8)11(2)13/h4-7,13H,3H2,1-2H3. The van der Waals surface area contributed by atoms with E-state index in [1.54, 1.807) is 38.0 Å². The van der Waals surface area contributed by atoms with Gasteiger partial charge in [-0.15, -0.1) is 0 Å². The van der Waals surface area contributed by atoms with Crippen LogP contribution in [-0.2, 0) is 4.74 Å². The molecule has 0 atom stereocenters. The van der Waals surface area contributed by atoms with Crippen LogP contribution in [-0.4, -0.2) is 24.5 Å². The summed E-state index contributed by atoms with van der Waals surface area (Å²) in [4.78, 5) is 11.3. The quantitative estimate of drug-likeness (QED) is 0.565. The summed E-state index contributed by atoms with van der Waals surface area (Å²) in [7, 11) is 0. The summed E-state index contributed by atoms with van der Waals surface area (Å²) in [5.74, 6) is -0.352. The molecule has 0 fully saturated rings. The van der Waals surface area contributed by atoms with E-state index in [0.29, 0.717) is 12.2 Å². The Bertz CT molecular complexity index is 323. The van der Waals surface area contributed by atoms with Gasteiger partial charge in [-0.3, -0.25) is 0 Å². The van der Waals surface area contributed by atoms with Gasteiger partial charge < -0.3 is 9.76 Å². The molecule has 0 aliphatic heterocycles. The fourth-order valence-electron chi connectivity index (χ4n) is 1.14. The fourth-order valence-corrected chi connectivity index (χ4v) is 1.14. The SMILES string of the molecule is CCOC(=O)c1cccc(B(C)O)c1. The van der Waals surface area contributed by atoms with E-state index in [2.05, 4.69) is 0 Å². The summed E-state index contributed by atoms with van der Waals surface area (Å²) >= 11 is 0. The van der Waals surface area contributed by atoms with Crippen molar-refractivity contribution < 1.29 is 14.6 Å². The molecule has 1 aromatic carbocycles. The maximum atomic E-state index is 11.3. The maximum Gasteiger partial charge on any atom is 0.338 e. The minimum atomic E-state index is -0.565. The molecule has 14 heavy (non-hydrogen) atoms. The molecule has 0 aliphatic rings. The van der Waals surface area contributed by atoms with Crippen molar-refractivity contribution in [1.82, 2.24) is 0 Å². The molecule has 3 nitrogen and oxygen atoms in total. The van der Waals surface area contributed by atoms with Crippen molar-refractivity contribution in [3.63, 3.8) is 0 Å². The molecule has 0 heterocycles. The van der Waals surface area contributed by atoms with Gasteiger partial charge in [0.25, 0.3) is 0 Å². The van der Waals surface area contributed by atoms with E-state index >= 15 is 0 Å². The van der Waals surface area contributed by atoms with Crippen LogP contribution in [0.15, 0.2) is 24.3 Å². The topological polar surface area (TPSA) is 46.5 Å². The van der Waals surface area contributed by atoms with Gasteiger partial charge in [0.1, 0.15) is 0 Å². The predicted octanol–water partition coefficient (Wildman–Crippen LogP) is 0.684. The highest BCUT2D eigenvalue weighted by Crippen LogP contribution is 2.00. The normalized spacial score (nSPS) is 9.64. The molecule has 0 unspecified atom stereocenters. The van der Waals surface area contributed by atoms with Gasteiger partial charge in [0.05, 0.1) is 12.2 Å². The second kappa shape index (κ2) is 4.81. The largest absolute Gasteiger partial charge is 0.462 e. The van der Waals surface area contributed by atoms with Crippen LogP contribution in [0.25, 0.3) is 0 Å². The molecule has 0 saturated carbocycles. The summed E-state index contributed by atoms with van der Waals surface area (Å²) in [6, 6.07) is 6.81. The Kier molecular flexibility index (Phi) is 3.71. The van der Waals surface area contributed by atoms with Crippen molar-refractivity contribution in [2.75, 3.05) is 6.61 Å². The Balaban J connectivity index is 2.88. The molecule has 0 aromatic heterocycles. The molecular formula is C10H13BO3. The van der Waals surface area contributed by atoms with Crippen LogP contribution in [0.2, 0.25) is 6.82 Å². The van der Waals surface area contributed by atoms with E-state index in [9.17, 15) is 9.82 Å². The van der Waals surface area contributed by atoms with Gasteiger partial charge in [-0.1, -0.05) is 25.0 Å². The van der Waals surface area contributed by atoms with Gasteiger partial charge in [0.15, 0.2) is 0 Å². The van der Waals surface area contributed by atoms with Crippen molar-refractivity contribution in [2.24, 2.45) is 0 Å². The van der Waals surface area contributed by atoms with E-state index in [1.807, 2.05) is 0 Å². The molecule has 4 heteroatoms. The lowest BCUT2D eigenvalue weighted by molar-refractivity contribution is 0.0526. The third-order valence-corrected chi connectivity index (χ3v) is 1.88. The summed E-state index contributed by atoms with van der Waals surface area (Å²) in [6.07, 6.45) is 0. The van der Waals surface area contributed by atoms with E-state index in [1.165, 1.54) is 0 Å². The lowest BCUT2D eigenvalue weighted by Gasteiger charge is -2.04. The molecule has 0 spiro atoms. The Morgan fingerprint density at radius 2 is 2.29 bits per heavy atom. The molecule has 0 aliphatic carbocycles. The average Bonchev–Trinajstić information content (AvgIpc) is 2.18. The second-order valence-corrected chi connectivity index (χ2v) is 3.02. The van der Waals surface area contributed by atoms with Crippen molar-refractivity contribution in [3.05, 3.63) is 29.8 Å². The van der Waals surface area contributed by atoms with Crippen LogP contribution in [0.3, 0.4) is 0 Å². The molecule has 1 N–H and O–H groups in total. The fraction of sp³-hybridized carbons (Fsp3) is 0.300. The number of ether oxygens (including phenoxy) is 1. The summed E-state index contributed by atoms with van der Waals surface area (Å²) in [5.41, 5.74) is 1.20. The Morgan fingerprint density at radius 1 is 1.57 bits per heavy atom. The average molecular weight is 192 g/mol. The second-order valence-electron chi connectivity index (χ2n) is 3.02. The molecule has 1 rings (SSSR count). The van der Waals surface area contributed by atoms with Crippen molar-refractivity contribution in [1.29, 1.82) is 0 Å². The third kappa shape index (κ3) is 2.60. The predicted molar refractivity (Wildman–Crippen MR) is 55.9 cm³/mol. The highest BCUT2D eigenvalue weighted by atomic mass is 16.5. The van der Waals surface area contributed by atoms with Gasteiger partial charge in [-0.25, -0.2) is 4.79 Å². The highest BCUT2D eigenvalue weighted by molar-refractivity contribution is 6.64. The van der Waals surface area contributed by atoms with Gasteiger partial charge in [-0.2, -0.15) is 0 Å². The first-order chi connectivity index (χ1) is 6.65. The third-order valence-electron chi connectivity index (χ3n) is 1.88. The molecule has 74 valence electrons. The van der Waals surface area contributed by atoms with E-state index in [4.69, 9.17) is 4.74 Å². The number of carbonyl (C=O) groups is 1. The van der Waals surface area contributed by atoms with Crippen molar-refractivity contribution in [3.8, 4) is 0 Å². The summed E-state index contributed by atoms with van der Waals surface area (Å²) in [5, 5.41) is 9.31. The van der Waals surface area contributed by atoms with E-state index < -0.39 is 6.92 Å². The van der Waals surface area contributed by atoms with Crippen LogP contribution in [0, 0.1) is 0 Å². The maximum absolute atomic E-state index is 11.3. The highest BCUT2D eigenvalue weighted by Gasteiger charge is 2.10. The first kappa shape index (κ1) is 10.8. The first-order valence-corrected chi connectivity index (χ1v) is 4.60. The van der Waals surface area contributed by atoms with E-state index in [-0.39, 0.29) is 5.97 Å². The van der Waals surface area contributed by atoms with Crippen LogP contribution in [0.1, 0.15) is 17.3 Å². The van der Waals surface area contributed by atoms with Crippen LogP contribution in [0.5, 0.6) is 0 Å². The molecular weight excluding hydrogens is 179 g/mol. The summed E-state index contributed by atoms with van der Waals surface area (Å²) < 4.78 is 4.84.